The molecule has 0 aliphatic rings. The van der Waals surface area contributed by atoms with Crippen molar-refractivity contribution in [3.05, 3.63) is 59.1 Å². The van der Waals surface area contributed by atoms with Gasteiger partial charge in [-0.05, 0) is 35.9 Å². The van der Waals surface area contributed by atoms with E-state index in [0.717, 1.165) is 0 Å². The molecule has 0 aliphatic heterocycles. The highest BCUT2D eigenvalue weighted by atomic mass is 35.5. The molecule has 114 valence electrons. The van der Waals surface area contributed by atoms with Crippen LogP contribution in [-0.2, 0) is 9.59 Å². The van der Waals surface area contributed by atoms with Gasteiger partial charge in [0.05, 0.1) is 0 Å². The Bertz CT molecular complexity index is 687. The van der Waals surface area contributed by atoms with Gasteiger partial charge >= 0.3 is 0 Å². The summed E-state index contributed by atoms with van der Waals surface area (Å²) >= 11 is 12.2. The number of rotatable bonds is 4. The Kier molecular flexibility index (Phi) is 5.41. The summed E-state index contributed by atoms with van der Waals surface area (Å²) in [6.07, 6.45) is 0. The van der Waals surface area contributed by atoms with Crippen LogP contribution < -0.4 is 10.6 Å². The van der Waals surface area contributed by atoms with E-state index in [0.29, 0.717) is 22.0 Å². The third kappa shape index (κ3) is 4.23. The monoisotopic (exact) mass is 336 g/mol. The Morgan fingerprint density at radius 1 is 0.955 bits per heavy atom. The number of amides is 2. The van der Waals surface area contributed by atoms with Crippen LogP contribution >= 0.6 is 23.2 Å². The third-order valence-corrected chi connectivity index (χ3v) is 3.66. The van der Waals surface area contributed by atoms with Gasteiger partial charge in [-0.25, -0.2) is 0 Å². The Morgan fingerprint density at radius 2 is 1.50 bits per heavy atom. The molecular weight excluding hydrogens is 323 g/mol. The molecule has 0 fully saturated rings. The van der Waals surface area contributed by atoms with Gasteiger partial charge in [-0.1, -0.05) is 29.8 Å². The topological polar surface area (TPSA) is 58.2 Å². The van der Waals surface area contributed by atoms with Crippen LogP contribution in [0, 0.1) is 0 Å². The number of anilines is 2. The molecule has 0 aromatic heterocycles. The van der Waals surface area contributed by atoms with E-state index in [2.05, 4.69) is 10.6 Å². The zero-order valence-corrected chi connectivity index (χ0v) is 13.3. The second kappa shape index (κ2) is 7.29. The van der Waals surface area contributed by atoms with Crippen molar-refractivity contribution >= 4 is 46.4 Å². The predicted octanol–water partition coefficient (Wildman–Crippen LogP) is 4.22. The summed E-state index contributed by atoms with van der Waals surface area (Å²) in [4.78, 5) is 23.1. The first-order valence-corrected chi connectivity index (χ1v) is 7.36. The molecule has 1 atom stereocenters. The molecule has 1 unspecified atom stereocenters. The Labute approximate surface area is 138 Å². The second-order valence-electron chi connectivity index (χ2n) is 4.63. The van der Waals surface area contributed by atoms with Crippen LogP contribution in [0.1, 0.15) is 17.9 Å². The Balaban J connectivity index is 2.05. The number of benzene rings is 2. The number of nitrogens with one attached hydrogen (secondary N) is 2. The van der Waals surface area contributed by atoms with E-state index in [1.54, 1.807) is 48.5 Å². The summed E-state index contributed by atoms with van der Waals surface area (Å²) in [5, 5.41) is 4.91. The van der Waals surface area contributed by atoms with Crippen LogP contribution in [0.3, 0.4) is 0 Å². The largest absolute Gasteiger partial charge is 0.326 e. The van der Waals surface area contributed by atoms with Crippen molar-refractivity contribution in [1.29, 1.82) is 0 Å². The van der Waals surface area contributed by atoms with Crippen LogP contribution in [0.2, 0.25) is 5.02 Å². The zero-order chi connectivity index (χ0) is 16.1. The van der Waals surface area contributed by atoms with Gasteiger partial charge in [-0.3, -0.25) is 9.59 Å². The summed E-state index contributed by atoms with van der Waals surface area (Å²) < 4.78 is 0. The van der Waals surface area contributed by atoms with Crippen molar-refractivity contribution in [2.24, 2.45) is 0 Å². The molecule has 0 radical (unpaired) electrons. The first-order chi connectivity index (χ1) is 10.5. The van der Waals surface area contributed by atoms with Gasteiger partial charge in [-0.2, -0.15) is 0 Å². The molecule has 0 heterocycles. The van der Waals surface area contributed by atoms with Crippen LogP contribution in [0.5, 0.6) is 0 Å². The lowest BCUT2D eigenvalue weighted by Gasteiger charge is -2.12. The lowest BCUT2D eigenvalue weighted by atomic mass is 10.1. The van der Waals surface area contributed by atoms with Crippen molar-refractivity contribution in [1.82, 2.24) is 0 Å². The highest BCUT2D eigenvalue weighted by Crippen LogP contribution is 2.28. The van der Waals surface area contributed by atoms with Crippen molar-refractivity contribution in [3.8, 4) is 0 Å². The van der Waals surface area contributed by atoms with Gasteiger partial charge in [0.25, 0.3) is 0 Å². The number of hydrogen-bond donors (Lipinski definition) is 2. The van der Waals surface area contributed by atoms with Gasteiger partial charge in [0.15, 0.2) is 0 Å². The summed E-state index contributed by atoms with van der Waals surface area (Å²) in [7, 11) is 0. The fraction of sp³-hybridized carbons (Fsp3) is 0.125. The van der Waals surface area contributed by atoms with Crippen molar-refractivity contribution in [3.63, 3.8) is 0 Å². The molecule has 2 amide bonds. The van der Waals surface area contributed by atoms with E-state index in [1.807, 2.05) is 0 Å². The highest BCUT2D eigenvalue weighted by molar-refractivity contribution is 6.36. The van der Waals surface area contributed by atoms with Crippen molar-refractivity contribution < 1.29 is 9.59 Å². The summed E-state index contributed by atoms with van der Waals surface area (Å²) in [5.41, 5.74) is 1.79. The fourth-order valence-electron chi connectivity index (χ4n) is 1.87. The number of alkyl halides is 1. The van der Waals surface area contributed by atoms with Crippen LogP contribution in [0.4, 0.5) is 11.4 Å². The van der Waals surface area contributed by atoms with Gasteiger partial charge < -0.3 is 10.6 Å². The first kappa shape index (κ1) is 16.3. The zero-order valence-electron chi connectivity index (χ0n) is 11.8. The van der Waals surface area contributed by atoms with Gasteiger partial charge in [-0.15, -0.1) is 11.6 Å². The highest BCUT2D eigenvalue weighted by Gasteiger charge is 2.20. The molecule has 0 aliphatic carbocycles. The Morgan fingerprint density at radius 3 is 2.05 bits per heavy atom. The fourth-order valence-corrected chi connectivity index (χ4v) is 2.41. The molecule has 2 aromatic carbocycles. The van der Waals surface area contributed by atoms with E-state index in [-0.39, 0.29) is 11.8 Å². The summed E-state index contributed by atoms with van der Waals surface area (Å²) in [6, 6.07) is 13.7. The number of carbonyl (C=O) groups excluding carboxylic acids is 2. The average molecular weight is 337 g/mol. The predicted molar refractivity (Wildman–Crippen MR) is 89.4 cm³/mol. The average Bonchev–Trinajstić information content (AvgIpc) is 2.48. The van der Waals surface area contributed by atoms with Gasteiger partial charge in [0.1, 0.15) is 5.38 Å². The quantitative estimate of drug-likeness (QED) is 0.821. The van der Waals surface area contributed by atoms with E-state index in [4.69, 9.17) is 23.2 Å². The molecule has 4 nitrogen and oxygen atoms in total. The summed E-state index contributed by atoms with van der Waals surface area (Å²) in [6.45, 7) is 1.43. The van der Waals surface area contributed by atoms with E-state index < -0.39 is 5.38 Å². The molecular formula is C16H14Cl2N2O2. The van der Waals surface area contributed by atoms with E-state index >= 15 is 0 Å². The third-order valence-electron chi connectivity index (χ3n) is 2.88. The molecule has 0 saturated heterocycles. The molecule has 6 heteroatoms. The number of carbonyl (C=O) groups is 2. The molecule has 0 bridgehead atoms. The lowest BCUT2D eigenvalue weighted by Crippen LogP contribution is -2.17. The molecule has 2 rings (SSSR count). The molecule has 0 saturated carbocycles. The van der Waals surface area contributed by atoms with Crippen LogP contribution in [0.25, 0.3) is 0 Å². The maximum Gasteiger partial charge on any atom is 0.247 e. The minimum atomic E-state index is -0.885. The lowest BCUT2D eigenvalue weighted by molar-refractivity contribution is -0.116. The van der Waals surface area contributed by atoms with Crippen molar-refractivity contribution in [2.75, 3.05) is 10.6 Å². The second-order valence-corrected chi connectivity index (χ2v) is 5.48. The molecule has 0 spiro atoms. The molecule has 2 N–H and O–H groups in total. The smallest absolute Gasteiger partial charge is 0.247 e. The first-order valence-electron chi connectivity index (χ1n) is 6.54. The van der Waals surface area contributed by atoms with Crippen molar-refractivity contribution in [2.45, 2.75) is 12.3 Å². The van der Waals surface area contributed by atoms with E-state index in [9.17, 15) is 9.59 Å². The van der Waals surface area contributed by atoms with E-state index in [1.165, 1.54) is 6.92 Å². The van der Waals surface area contributed by atoms with Crippen LogP contribution in [0.15, 0.2) is 48.5 Å². The minimum Gasteiger partial charge on any atom is -0.326 e. The molecule has 2 aromatic rings. The van der Waals surface area contributed by atoms with Crippen LogP contribution in [-0.4, -0.2) is 11.8 Å². The number of hydrogen-bond acceptors (Lipinski definition) is 2. The maximum atomic E-state index is 12.2. The maximum absolute atomic E-state index is 12.2. The molecule has 22 heavy (non-hydrogen) atoms. The number of halogens is 2. The minimum absolute atomic E-state index is 0.156. The normalized spacial score (nSPS) is 11.6. The Hall–Kier alpha value is -2.04. The SMILES string of the molecule is CC(=O)Nc1ccc(NC(=O)C(Cl)c2ccccc2Cl)cc1. The summed E-state index contributed by atoms with van der Waals surface area (Å²) in [5.74, 6) is -0.529. The van der Waals surface area contributed by atoms with Gasteiger partial charge in [0, 0.05) is 23.3 Å². The standard InChI is InChI=1S/C16H14Cl2N2O2/c1-10(21)19-11-6-8-12(9-7-11)20-16(22)15(18)13-4-2-3-5-14(13)17/h2-9,15H,1H3,(H,19,21)(H,20,22). The van der Waals surface area contributed by atoms with Gasteiger partial charge in [0.2, 0.25) is 11.8 Å².